The normalized spacial score (nSPS) is 18.5. The first kappa shape index (κ1) is 14.3. The van der Waals surface area contributed by atoms with Crippen molar-refractivity contribution in [3.8, 4) is 0 Å². The van der Waals surface area contributed by atoms with Gasteiger partial charge in [0, 0.05) is 6.54 Å². The van der Waals surface area contributed by atoms with Gasteiger partial charge in [-0.3, -0.25) is 9.36 Å². The molecule has 8 nitrogen and oxygen atoms in total. The van der Waals surface area contributed by atoms with Crippen LogP contribution in [0.25, 0.3) is 11.0 Å². The summed E-state index contributed by atoms with van der Waals surface area (Å²) in [7, 11) is 0. The Kier molecular flexibility index (Phi) is 3.68. The van der Waals surface area contributed by atoms with Crippen molar-refractivity contribution in [3.63, 3.8) is 0 Å². The molecule has 0 radical (unpaired) electrons. The topological polar surface area (TPSA) is 105 Å². The van der Waals surface area contributed by atoms with Crippen LogP contribution in [0, 0.1) is 0 Å². The quantitative estimate of drug-likeness (QED) is 0.806. The van der Waals surface area contributed by atoms with Crippen molar-refractivity contribution < 1.29 is 19.4 Å². The number of para-hydroxylation sites is 2. The number of imidazole rings is 1. The Bertz CT molecular complexity index is 778. The molecule has 1 saturated heterocycles. The molecule has 1 aromatic carbocycles. The summed E-state index contributed by atoms with van der Waals surface area (Å²) in [5, 5.41) is 8.96. The van der Waals surface area contributed by atoms with E-state index in [2.05, 4.69) is 4.98 Å². The van der Waals surface area contributed by atoms with E-state index in [1.54, 1.807) is 24.3 Å². The lowest BCUT2D eigenvalue weighted by molar-refractivity contribution is -0.159. The number of rotatable bonds is 3. The number of aliphatic carboxylic acids is 1. The zero-order chi connectivity index (χ0) is 15.7. The van der Waals surface area contributed by atoms with E-state index >= 15 is 0 Å². The van der Waals surface area contributed by atoms with Crippen LogP contribution in [0.1, 0.15) is 0 Å². The standard InChI is InChI=1S/C14H15N3O5/c18-12(16-5-6-22-11(7-16)13(19)20)8-17-10-4-2-1-3-9(10)15-14(17)21/h1-4,11H,5-8H2,(H,15,21)(H,19,20)/t11-/m1/s1. The first-order valence-electron chi connectivity index (χ1n) is 6.86. The second-order valence-corrected chi connectivity index (χ2v) is 5.07. The second-order valence-electron chi connectivity index (χ2n) is 5.07. The number of hydrogen-bond donors (Lipinski definition) is 2. The minimum atomic E-state index is -1.10. The van der Waals surface area contributed by atoms with Crippen LogP contribution in [0.4, 0.5) is 0 Å². The first-order valence-corrected chi connectivity index (χ1v) is 6.86. The van der Waals surface area contributed by atoms with Crippen molar-refractivity contribution in [2.45, 2.75) is 12.6 Å². The van der Waals surface area contributed by atoms with Crippen molar-refractivity contribution in [3.05, 3.63) is 34.7 Å². The van der Waals surface area contributed by atoms with E-state index in [0.717, 1.165) is 0 Å². The summed E-state index contributed by atoms with van der Waals surface area (Å²) >= 11 is 0. The third kappa shape index (κ3) is 2.60. The lowest BCUT2D eigenvalue weighted by Gasteiger charge is -2.30. The number of morpholine rings is 1. The van der Waals surface area contributed by atoms with E-state index in [-0.39, 0.29) is 31.3 Å². The molecule has 0 aliphatic carbocycles. The van der Waals surface area contributed by atoms with Gasteiger partial charge in [-0.1, -0.05) is 12.1 Å². The van der Waals surface area contributed by atoms with Gasteiger partial charge in [0.05, 0.1) is 24.2 Å². The Morgan fingerprint density at radius 3 is 2.91 bits per heavy atom. The average Bonchev–Trinajstić information content (AvgIpc) is 2.83. The van der Waals surface area contributed by atoms with Crippen LogP contribution in [0.15, 0.2) is 29.1 Å². The van der Waals surface area contributed by atoms with Gasteiger partial charge in [-0.05, 0) is 12.1 Å². The molecule has 1 amide bonds. The molecule has 2 N–H and O–H groups in total. The smallest absolute Gasteiger partial charge is 0.334 e. The third-order valence-corrected chi connectivity index (χ3v) is 3.67. The summed E-state index contributed by atoms with van der Waals surface area (Å²) in [6.07, 6.45) is -1.02. The van der Waals surface area contributed by atoms with Gasteiger partial charge in [-0.25, -0.2) is 9.59 Å². The van der Waals surface area contributed by atoms with Gasteiger partial charge in [-0.2, -0.15) is 0 Å². The number of carboxylic acid groups (broad SMARTS) is 1. The van der Waals surface area contributed by atoms with E-state index < -0.39 is 12.1 Å². The number of benzene rings is 1. The number of amides is 1. The molecule has 1 aliphatic heterocycles. The van der Waals surface area contributed by atoms with Crippen molar-refractivity contribution in [1.29, 1.82) is 0 Å². The first-order chi connectivity index (χ1) is 10.6. The van der Waals surface area contributed by atoms with E-state index in [9.17, 15) is 14.4 Å². The molecule has 22 heavy (non-hydrogen) atoms. The largest absolute Gasteiger partial charge is 0.479 e. The maximum Gasteiger partial charge on any atom is 0.334 e. The number of carboxylic acids is 1. The molecule has 0 spiro atoms. The number of fused-ring (bicyclic) bond motifs is 1. The summed E-state index contributed by atoms with van der Waals surface area (Å²) in [5.74, 6) is -1.40. The van der Waals surface area contributed by atoms with Gasteiger partial charge in [0.1, 0.15) is 6.54 Å². The van der Waals surface area contributed by atoms with Gasteiger partial charge in [0.2, 0.25) is 5.91 Å². The third-order valence-electron chi connectivity index (χ3n) is 3.67. The molecule has 0 bridgehead atoms. The molecule has 116 valence electrons. The molecule has 2 aromatic rings. The number of ether oxygens (including phenoxy) is 1. The summed E-state index contributed by atoms with van der Waals surface area (Å²) in [4.78, 5) is 39.3. The van der Waals surface area contributed by atoms with E-state index in [4.69, 9.17) is 9.84 Å². The van der Waals surface area contributed by atoms with Crippen LogP contribution in [0.5, 0.6) is 0 Å². The second kappa shape index (κ2) is 5.64. The lowest BCUT2D eigenvalue weighted by atomic mass is 10.2. The summed E-state index contributed by atoms with van der Waals surface area (Å²) in [6.45, 7) is 0.353. The van der Waals surface area contributed by atoms with Gasteiger partial charge in [-0.15, -0.1) is 0 Å². The van der Waals surface area contributed by atoms with Gasteiger partial charge in [0.15, 0.2) is 6.10 Å². The monoisotopic (exact) mass is 305 g/mol. The van der Waals surface area contributed by atoms with Crippen molar-refractivity contribution >= 4 is 22.9 Å². The number of carbonyl (C=O) groups is 2. The van der Waals surface area contributed by atoms with Crippen LogP contribution in [-0.4, -0.2) is 57.2 Å². The molecular weight excluding hydrogens is 290 g/mol. The maximum atomic E-state index is 12.3. The highest BCUT2D eigenvalue weighted by molar-refractivity contribution is 5.81. The highest BCUT2D eigenvalue weighted by Crippen LogP contribution is 2.11. The zero-order valence-corrected chi connectivity index (χ0v) is 11.7. The Hall–Kier alpha value is -2.61. The molecule has 0 unspecified atom stereocenters. The highest BCUT2D eigenvalue weighted by Gasteiger charge is 2.29. The zero-order valence-electron chi connectivity index (χ0n) is 11.7. The SMILES string of the molecule is O=C(O)[C@H]1CN(C(=O)Cn2c(=O)[nH]c3ccccc32)CCO1. The number of H-pyrrole nitrogens is 1. The van der Waals surface area contributed by atoms with Crippen LogP contribution >= 0.6 is 0 Å². The van der Waals surface area contributed by atoms with E-state index in [1.165, 1.54) is 9.47 Å². The van der Waals surface area contributed by atoms with Gasteiger partial charge < -0.3 is 19.7 Å². The molecule has 8 heteroatoms. The number of aromatic amines is 1. The Labute approximate surface area is 124 Å². The van der Waals surface area contributed by atoms with Crippen molar-refractivity contribution in [2.75, 3.05) is 19.7 Å². The summed E-state index contributed by atoms with van der Waals surface area (Å²) in [5.41, 5.74) is 0.937. The van der Waals surface area contributed by atoms with Crippen molar-refractivity contribution in [2.24, 2.45) is 0 Å². The Morgan fingerprint density at radius 1 is 1.36 bits per heavy atom. The lowest BCUT2D eigenvalue weighted by Crippen LogP contribution is -2.49. The number of hydrogen-bond acceptors (Lipinski definition) is 4. The minimum absolute atomic E-state index is 0.00866. The fraction of sp³-hybridized carbons (Fsp3) is 0.357. The molecule has 0 saturated carbocycles. The molecule has 1 aromatic heterocycles. The molecule has 1 aliphatic rings. The van der Waals surface area contributed by atoms with Crippen molar-refractivity contribution in [1.82, 2.24) is 14.5 Å². The van der Waals surface area contributed by atoms with Crippen LogP contribution in [0.3, 0.4) is 0 Å². The number of nitrogens with one attached hydrogen (secondary N) is 1. The predicted octanol–water partition coefficient (Wildman–Crippen LogP) is -0.358. The Morgan fingerprint density at radius 2 is 2.14 bits per heavy atom. The molecule has 1 fully saturated rings. The van der Waals surface area contributed by atoms with Crippen LogP contribution < -0.4 is 5.69 Å². The van der Waals surface area contributed by atoms with Gasteiger partial charge in [0.25, 0.3) is 0 Å². The summed E-state index contributed by atoms with van der Waals surface area (Å²) < 4.78 is 6.43. The number of nitrogens with zero attached hydrogens (tertiary/aromatic N) is 2. The van der Waals surface area contributed by atoms with E-state index in [0.29, 0.717) is 17.6 Å². The predicted molar refractivity (Wildman–Crippen MR) is 76.5 cm³/mol. The molecular formula is C14H15N3O5. The fourth-order valence-corrected chi connectivity index (χ4v) is 2.52. The number of aromatic nitrogens is 2. The van der Waals surface area contributed by atoms with Crippen LogP contribution in [0.2, 0.25) is 0 Å². The highest BCUT2D eigenvalue weighted by atomic mass is 16.5. The molecule has 3 rings (SSSR count). The maximum absolute atomic E-state index is 12.3. The molecule has 1 atom stereocenters. The fourth-order valence-electron chi connectivity index (χ4n) is 2.52. The minimum Gasteiger partial charge on any atom is -0.479 e. The van der Waals surface area contributed by atoms with Crippen LogP contribution in [-0.2, 0) is 20.9 Å². The Balaban J connectivity index is 1.80. The number of carbonyl (C=O) groups excluding carboxylic acids is 1. The average molecular weight is 305 g/mol. The van der Waals surface area contributed by atoms with Gasteiger partial charge >= 0.3 is 11.7 Å². The summed E-state index contributed by atoms with van der Waals surface area (Å²) in [6, 6.07) is 7.09. The van der Waals surface area contributed by atoms with E-state index in [1.807, 2.05) is 0 Å². The molecule has 2 heterocycles.